The van der Waals surface area contributed by atoms with Crippen molar-refractivity contribution in [3.05, 3.63) is 72.3 Å². The molecule has 3 aromatic heterocycles. The molecule has 0 amide bonds. The van der Waals surface area contributed by atoms with Crippen LogP contribution in [0.25, 0.3) is 45.2 Å². The van der Waals surface area contributed by atoms with Gasteiger partial charge in [-0.2, -0.15) is 0 Å². The maximum Gasteiger partial charge on any atom is 0.226 e. The summed E-state index contributed by atoms with van der Waals surface area (Å²) in [4.78, 5) is 9.52. The third kappa shape index (κ3) is 3.43. The maximum absolute atomic E-state index is 6.07. The molecule has 0 atom stereocenters. The molecule has 0 radical (unpaired) electrons. The molecule has 2 aromatic carbocycles. The highest BCUT2D eigenvalue weighted by Crippen LogP contribution is 2.37. The van der Waals surface area contributed by atoms with Crippen LogP contribution in [0.4, 0.5) is 0 Å². The summed E-state index contributed by atoms with van der Waals surface area (Å²) in [5.74, 6) is 2.25. The predicted octanol–water partition coefficient (Wildman–Crippen LogP) is 7.78. The Bertz CT molecular complexity index is 1360. The summed E-state index contributed by atoms with van der Waals surface area (Å²) in [5.41, 5.74) is 4.94. The molecule has 1 aliphatic carbocycles. The molecule has 0 N–H and O–H groups in total. The molecule has 6 heteroatoms. The minimum absolute atomic E-state index is 0.461. The Kier molecular flexibility index (Phi) is 4.84. The van der Waals surface area contributed by atoms with Crippen molar-refractivity contribution in [3.63, 3.8) is 0 Å². The van der Waals surface area contributed by atoms with E-state index in [0.717, 1.165) is 33.5 Å². The lowest BCUT2D eigenvalue weighted by atomic mass is 9.95. The number of halogens is 1. The number of nitrogens with zero attached hydrogens (tertiary/aromatic N) is 3. The number of fused-ring (bicyclic) bond motifs is 1. The van der Waals surface area contributed by atoms with Crippen molar-refractivity contribution < 1.29 is 8.83 Å². The van der Waals surface area contributed by atoms with Gasteiger partial charge in [0.15, 0.2) is 5.76 Å². The van der Waals surface area contributed by atoms with E-state index >= 15 is 0 Å². The quantitative estimate of drug-likeness (QED) is 0.284. The van der Waals surface area contributed by atoms with E-state index in [1.54, 1.807) is 18.7 Å². The van der Waals surface area contributed by atoms with Crippen molar-refractivity contribution in [2.75, 3.05) is 0 Å². The van der Waals surface area contributed by atoms with Crippen molar-refractivity contribution in [1.29, 1.82) is 0 Å². The summed E-state index contributed by atoms with van der Waals surface area (Å²) < 4.78 is 13.8. The molecule has 0 aliphatic heterocycles. The molecule has 0 saturated heterocycles. The van der Waals surface area contributed by atoms with Crippen LogP contribution < -0.4 is 0 Å². The summed E-state index contributed by atoms with van der Waals surface area (Å²) in [6.45, 7) is 0. The first kappa shape index (κ1) is 19.4. The van der Waals surface area contributed by atoms with Gasteiger partial charge >= 0.3 is 0 Å². The first-order chi connectivity index (χ1) is 15.8. The summed E-state index contributed by atoms with van der Waals surface area (Å²) in [7, 11) is 0. The van der Waals surface area contributed by atoms with Crippen LogP contribution in [-0.2, 0) is 0 Å². The Morgan fingerprint density at radius 2 is 1.72 bits per heavy atom. The monoisotopic (exact) mass is 443 g/mol. The van der Waals surface area contributed by atoms with Crippen molar-refractivity contribution in [1.82, 2.24) is 14.5 Å². The molecule has 5 nitrogen and oxygen atoms in total. The molecular formula is C26H22ClN3O2. The van der Waals surface area contributed by atoms with Gasteiger partial charge in [0.2, 0.25) is 5.89 Å². The number of rotatable bonds is 4. The van der Waals surface area contributed by atoms with Crippen molar-refractivity contribution >= 4 is 22.6 Å². The van der Waals surface area contributed by atoms with Gasteiger partial charge < -0.3 is 13.4 Å². The van der Waals surface area contributed by atoms with Gasteiger partial charge in [0.05, 0.1) is 29.1 Å². The van der Waals surface area contributed by atoms with Crippen LogP contribution >= 0.6 is 11.6 Å². The fraction of sp³-hybridized carbons (Fsp3) is 0.231. The van der Waals surface area contributed by atoms with Gasteiger partial charge in [0.1, 0.15) is 12.1 Å². The minimum atomic E-state index is 0.461. The second kappa shape index (κ2) is 7.99. The zero-order valence-electron chi connectivity index (χ0n) is 17.5. The lowest BCUT2D eigenvalue weighted by Gasteiger charge is -2.25. The molecule has 1 fully saturated rings. The third-order valence-electron chi connectivity index (χ3n) is 6.29. The minimum Gasteiger partial charge on any atom is -0.472 e. The first-order valence-corrected chi connectivity index (χ1v) is 11.4. The average Bonchev–Trinajstić information content (AvgIpc) is 3.59. The van der Waals surface area contributed by atoms with Crippen LogP contribution in [0, 0.1) is 0 Å². The highest BCUT2D eigenvalue weighted by atomic mass is 35.5. The van der Waals surface area contributed by atoms with E-state index in [1.165, 1.54) is 32.1 Å². The SMILES string of the molecule is Clc1ccc(-c2cnc(-c3ccc4c(c3)nc(-c3ccoc3)n4C3CCCCC3)o2)cc1. The van der Waals surface area contributed by atoms with Gasteiger partial charge in [-0.1, -0.05) is 30.9 Å². The van der Waals surface area contributed by atoms with Crippen molar-refractivity contribution in [2.24, 2.45) is 0 Å². The lowest BCUT2D eigenvalue weighted by Crippen LogP contribution is -2.13. The van der Waals surface area contributed by atoms with Crippen molar-refractivity contribution in [3.8, 4) is 34.2 Å². The predicted molar refractivity (Wildman–Crippen MR) is 126 cm³/mol. The zero-order chi connectivity index (χ0) is 21.5. The number of imidazole rings is 1. The number of furan rings is 1. The van der Waals surface area contributed by atoms with Gasteiger partial charge in [-0.3, -0.25) is 0 Å². The molecule has 0 spiro atoms. The van der Waals surface area contributed by atoms with E-state index in [0.29, 0.717) is 22.7 Å². The number of aromatic nitrogens is 3. The van der Waals surface area contributed by atoms with E-state index in [2.05, 4.69) is 27.8 Å². The fourth-order valence-corrected chi connectivity index (χ4v) is 4.82. The van der Waals surface area contributed by atoms with Crippen LogP contribution in [0.5, 0.6) is 0 Å². The molecular weight excluding hydrogens is 422 g/mol. The Morgan fingerprint density at radius 1 is 0.906 bits per heavy atom. The van der Waals surface area contributed by atoms with Crippen LogP contribution in [0.1, 0.15) is 38.1 Å². The second-order valence-corrected chi connectivity index (χ2v) is 8.79. The van der Waals surface area contributed by atoms with Crippen LogP contribution in [0.2, 0.25) is 5.02 Å². The average molecular weight is 444 g/mol. The summed E-state index contributed by atoms with van der Waals surface area (Å²) >= 11 is 6.00. The number of hydrogen-bond donors (Lipinski definition) is 0. The van der Waals surface area contributed by atoms with E-state index < -0.39 is 0 Å². The Balaban J connectivity index is 1.42. The molecule has 5 aromatic rings. The van der Waals surface area contributed by atoms with Gasteiger partial charge in [0, 0.05) is 22.2 Å². The third-order valence-corrected chi connectivity index (χ3v) is 6.54. The molecule has 32 heavy (non-hydrogen) atoms. The van der Waals surface area contributed by atoms with Gasteiger partial charge in [-0.25, -0.2) is 9.97 Å². The van der Waals surface area contributed by atoms with Crippen LogP contribution in [0.15, 0.2) is 76.1 Å². The molecule has 6 rings (SSSR count). The normalized spacial score (nSPS) is 14.9. The van der Waals surface area contributed by atoms with Gasteiger partial charge in [-0.05, 0) is 61.4 Å². The number of hydrogen-bond acceptors (Lipinski definition) is 4. The van der Waals surface area contributed by atoms with E-state index in [9.17, 15) is 0 Å². The van der Waals surface area contributed by atoms with Crippen LogP contribution in [-0.4, -0.2) is 14.5 Å². The van der Waals surface area contributed by atoms with E-state index in [1.807, 2.05) is 30.3 Å². The largest absolute Gasteiger partial charge is 0.472 e. The molecule has 0 bridgehead atoms. The summed E-state index contributed by atoms with van der Waals surface area (Å²) in [6.07, 6.45) is 11.4. The fourth-order valence-electron chi connectivity index (χ4n) is 4.69. The maximum atomic E-state index is 6.07. The van der Waals surface area contributed by atoms with E-state index in [4.69, 9.17) is 25.4 Å². The molecule has 0 unspecified atom stereocenters. The smallest absolute Gasteiger partial charge is 0.226 e. The Labute approximate surface area is 190 Å². The molecule has 3 heterocycles. The first-order valence-electron chi connectivity index (χ1n) is 11.0. The summed E-state index contributed by atoms with van der Waals surface area (Å²) in [6, 6.07) is 16.3. The summed E-state index contributed by atoms with van der Waals surface area (Å²) in [5, 5.41) is 0.695. The molecule has 160 valence electrons. The van der Waals surface area contributed by atoms with Crippen LogP contribution in [0.3, 0.4) is 0 Å². The van der Waals surface area contributed by atoms with Gasteiger partial charge in [0.25, 0.3) is 0 Å². The zero-order valence-corrected chi connectivity index (χ0v) is 18.3. The Hall–Kier alpha value is -3.31. The van der Waals surface area contributed by atoms with Crippen molar-refractivity contribution in [2.45, 2.75) is 38.1 Å². The standard InChI is InChI=1S/C26H22ClN3O2/c27-20-9-6-17(7-10-20)24-15-28-26(32-24)18-8-11-23-22(14-18)29-25(19-12-13-31-16-19)30(23)21-4-2-1-3-5-21/h6-16,21H,1-5H2. The lowest BCUT2D eigenvalue weighted by molar-refractivity contribution is 0.362. The number of oxazole rings is 1. The topological polar surface area (TPSA) is 57.0 Å². The molecule has 1 aliphatic rings. The highest BCUT2D eigenvalue weighted by Gasteiger charge is 2.23. The van der Waals surface area contributed by atoms with Gasteiger partial charge in [-0.15, -0.1) is 0 Å². The highest BCUT2D eigenvalue weighted by molar-refractivity contribution is 6.30. The Morgan fingerprint density at radius 3 is 2.50 bits per heavy atom. The molecule has 1 saturated carbocycles. The number of benzene rings is 2. The second-order valence-electron chi connectivity index (χ2n) is 8.35. The van der Waals surface area contributed by atoms with E-state index in [-0.39, 0.29) is 0 Å².